The number of hydrogen-bond donors (Lipinski definition) is 6. The number of carboxylic acid groups (broad SMARTS) is 2. The molecule has 4 N–H and O–H groups in total. The molecular weight excluding hydrogens is 336 g/mol. The topological polar surface area (TPSA) is 115 Å². The molecule has 0 aromatic carbocycles. The molecule has 0 heterocycles. The summed E-state index contributed by atoms with van der Waals surface area (Å²) in [5, 5.41) is 31.5. The average Bonchev–Trinajstić information content (AvgIpc) is 2.40. The van der Waals surface area contributed by atoms with Gasteiger partial charge in [0, 0.05) is 13.2 Å². The van der Waals surface area contributed by atoms with Crippen LogP contribution in [0, 0.1) is 0 Å². The third-order valence-corrected chi connectivity index (χ3v) is 3.20. The van der Waals surface area contributed by atoms with Crippen molar-refractivity contribution >= 4 is 49.0 Å². The lowest BCUT2D eigenvalue weighted by Gasteiger charge is -1.95. The summed E-state index contributed by atoms with van der Waals surface area (Å²) in [6.07, 6.45) is 1.74. The van der Waals surface area contributed by atoms with Crippen molar-refractivity contribution in [2.75, 3.05) is 24.7 Å². The molecule has 6 nitrogen and oxygen atoms in total. The molecule has 0 spiro atoms. The van der Waals surface area contributed by atoms with Gasteiger partial charge in [0.25, 0.3) is 0 Å². The van der Waals surface area contributed by atoms with Gasteiger partial charge in [0.05, 0.1) is 10.5 Å². The zero-order valence-electron chi connectivity index (χ0n) is 12.3. The van der Waals surface area contributed by atoms with Gasteiger partial charge < -0.3 is 20.4 Å². The second-order valence-corrected chi connectivity index (χ2v) is 6.57. The highest BCUT2D eigenvalue weighted by Crippen LogP contribution is 2.02. The van der Waals surface area contributed by atoms with Crippen molar-refractivity contribution in [1.82, 2.24) is 0 Å². The number of aliphatic hydroxyl groups is 2. The molecule has 0 aromatic heterocycles. The Morgan fingerprint density at radius 3 is 1.29 bits per heavy atom. The Morgan fingerprint density at radius 1 is 0.905 bits per heavy atom. The Labute approximate surface area is 141 Å². The predicted molar refractivity (Wildman–Crippen MR) is 92.9 cm³/mol. The van der Waals surface area contributed by atoms with Gasteiger partial charge in [0.1, 0.15) is 0 Å². The van der Waals surface area contributed by atoms with Crippen LogP contribution in [0.3, 0.4) is 0 Å². The molecule has 0 saturated carbocycles. The smallest absolute Gasteiger partial charge is 0.316 e. The summed E-state index contributed by atoms with van der Waals surface area (Å²) in [4.78, 5) is 19.2. The zero-order valence-corrected chi connectivity index (χ0v) is 14.9. The van der Waals surface area contributed by atoms with Crippen LogP contribution in [0.2, 0.25) is 0 Å². The van der Waals surface area contributed by atoms with Crippen LogP contribution in [0.5, 0.6) is 0 Å². The Kier molecular flexibility index (Phi) is 24.5. The molecule has 9 heteroatoms. The lowest BCUT2D eigenvalue weighted by molar-refractivity contribution is -0.137. The molecule has 0 bridgehead atoms. The molecule has 0 aliphatic heterocycles. The van der Waals surface area contributed by atoms with Gasteiger partial charge >= 0.3 is 11.9 Å². The predicted octanol–water partition coefficient (Wildman–Crippen LogP) is 1.26. The van der Waals surface area contributed by atoms with E-state index < -0.39 is 22.4 Å². The molecular formula is C12H26O6S3. The summed E-state index contributed by atoms with van der Waals surface area (Å²) in [6.45, 7) is 3.58. The van der Waals surface area contributed by atoms with E-state index in [9.17, 15) is 9.59 Å². The number of aliphatic hydroxyl groups excluding tert-OH is 2. The van der Waals surface area contributed by atoms with Crippen LogP contribution >= 0.6 is 37.0 Å². The average molecular weight is 363 g/mol. The first-order valence-corrected chi connectivity index (χ1v) is 8.50. The minimum Gasteiger partial charge on any atom is -0.480 e. The molecule has 2 unspecified atom stereocenters. The maximum Gasteiger partial charge on any atom is 0.316 e. The van der Waals surface area contributed by atoms with Gasteiger partial charge in [-0.15, -0.1) is 0 Å². The first kappa shape index (κ1) is 25.8. The number of rotatable bonds is 8. The Hall–Kier alpha value is -0.0900. The summed E-state index contributed by atoms with van der Waals surface area (Å²) in [5.41, 5.74) is 0. The number of thioether (sulfide) groups is 1. The molecule has 2 atom stereocenters. The standard InChI is InChI=1S/C6H14O2S.2C3H6O2S/c7-3-1-5-9-6-2-4-8;2*1-2(6)3(4)5/h7-8H,1-6H2;2*2,6H,1H3,(H,4,5). The maximum atomic E-state index is 9.62. The Balaban J connectivity index is -0.000000240. The van der Waals surface area contributed by atoms with Gasteiger partial charge in [0.2, 0.25) is 0 Å². The van der Waals surface area contributed by atoms with Crippen molar-refractivity contribution in [2.24, 2.45) is 0 Å². The maximum absolute atomic E-state index is 9.62. The van der Waals surface area contributed by atoms with Crippen LogP contribution in [-0.2, 0) is 9.59 Å². The molecule has 0 aliphatic rings. The van der Waals surface area contributed by atoms with Crippen molar-refractivity contribution in [3.8, 4) is 0 Å². The second-order valence-electron chi connectivity index (χ2n) is 3.80. The van der Waals surface area contributed by atoms with Crippen LogP contribution in [0.25, 0.3) is 0 Å². The zero-order chi connectivity index (χ0) is 17.3. The largest absolute Gasteiger partial charge is 0.480 e. The highest BCUT2D eigenvalue weighted by molar-refractivity contribution is 7.99. The van der Waals surface area contributed by atoms with Gasteiger partial charge in [-0.25, -0.2) is 0 Å². The van der Waals surface area contributed by atoms with Crippen LogP contribution in [0.15, 0.2) is 0 Å². The van der Waals surface area contributed by atoms with E-state index in [4.69, 9.17) is 20.4 Å². The first-order chi connectivity index (χ1) is 9.70. The second kappa shape index (κ2) is 19.9. The minimum atomic E-state index is -0.877. The molecule has 0 saturated heterocycles. The van der Waals surface area contributed by atoms with E-state index in [0.717, 1.165) is 24.3 Å². The van der Waals surface area contributed by atoms with E-state index in [1.165, 1.54) is 13.8 Å². The fourth-order valence-electron chi connectivity index (χ4n) is 0.435. The summed E-state index contributed by atoms with van der Waals surface area (Å²) >= 11 is 8.97. The number of aliphatic carboxylic acids is 2. The normalized spacial score (nSPS) is 12.1. The Bertz CT molecular complexity index is 225. The molecule has 0 rings (SSSR count). The first-order valence-electron chi connectivity index (χ1n) is 6.31. The molecule has 0 aliphatic carbocycles. The monoisotopic (exact) mass is 362 g/mol. The van der Waals surface area contributed by atoms with Gasteiger partial charge in [-0.3, -0.25) is 9.59 Å². The molecule has 0 amide bonds. The van der Waals surface area contributed by atoms with Crippen molar-refractivity contribution in [3.63, 3.8) is 0 Å². The van der Waals surface area contributed by atoms with Gasteiger partial charge in [-0.05, 0) is 38.2 Å². The van der Waals surface area contributed by atoms with Gasteiger partial charge in [0.15, 0.2) is 0 Å². The highest BCUT2D eigenvalue weighted by Gasteiger charge is 2.00. The van der Waals surface area contributed by atoms with E-state index in [1.54, 1.807) is 11.8 Å². The summed E-state index contributed by atoms with van der Waals surface area (Å²) in [7, 11) is 0. The quantitative estimate of drug-likeness (QED) is 0.284. The van der Waals surface area contributed by atoms with Gasteiger partial charge in [-0.2, -0.15) is 37.0 Å². The summed E-state index contributed by atoms with van der Waals surface area (Å²) in [6, 6.07) is 0. The summed E-state index contributed by atoms with van der Waals surface area (Å²) in [5.74, 6) is 0.268. The fourth-order valence-corrected chi connectivity index (χ4v) is 1.31. The molecule has 21 heavy (non-hydrogen) atoms. The van der Waals surface area contributed by atoms with E-state index in [1.807, 2.05) is 0 Å². The number of hydrogen-bond acceptors (Lipinski definition) is 7. The van der Waals surface area contributed by atoms with Crippen molar-refractivity contribution in [3.05, 3.63) is 0 Å². The van der Waals surface area contributed by atoms with Crippen molar-refractivity contribution in [2.45, 2.75) is 37.2 Å². The van der Waals surface area contributed by atoms with Crippen LogP contribution in [0.4, 0.5) is 0 Å². The number of carbonyl (C=O) groups is 2. The summed E-state index contributed by atoms with van der Waals surface area (Å²) < 4.78 is 0. The number of carboxylic acids is 2. The molecule has 0 aromatic rings. The van der Waals surface area contributed by atoms with Crippen molar-refractivity contribution < 1.29 is 30.0 Å². The lowest BCUT2D eigenvalue weighted by atomic mass is 10.5. The van der Waals surface area contributed by atoms with Gasteiger partial charge in [-0.1, -0.05) is 0 Å². The van der Waals surface area contributed by atoms with Crippen LogP contribution < -0.4 is 0 Å². The van der Waals surface area contributed by atoms with Crippen molar-refractivity contribution in [1.29, 1.82) is 0 Å². The van der Waals surface area contributed by atoms with E-state index in [2.05, 4.69) is 25.3 Å². The SMILES string of the molecule is CC(S)C(=O)O.CC(S)C(=O)O.OCCCSCCCO. The fraction of sp³-hybridized carbons (Fsp3) is 0.833. The van der Waals surface area contributed by atoms with E-state index in [0.29, 0.717) is 0 Å². The lowest BCUT2D eigenvalue weighted by Crippen LogP contribution is -2.06. The van der Waals surface area contributed by atoms with Crippen LogP contribution in [-0.4, -0.2) is 67.6 Å². The molecule has 0 radical (unpaired) electrons. The van der Waals surface area contributed by atoms with E-state index in [-0.39, 0.29) is 13.2 Å². The molecule has 0 fully saturated rings. The third-order valence-electron chi connectivity index (χ3n) is 1.61. The Morgan fingerprint density at radius 2 is 1.14 bits per heavy atom. The highest BCUT2D eigenvalue weighted by atomic mass is 32.2. The third kappa shape index (κ3) is 33.0. The number of thiol groups is 2. The van der Waals surface area contributed by atoms with Crippen LogP contribution in [0.1, 0.15) is 26.7 Å². The van der Waals surface area contributed by atoms with E-state index >= 15 is 0 Å². The minimum absolute atomic E-state index is 0.284. The molecule has 128 valence electrons.